The Kier molecular flexibility index (Phi) is 4.17. The number of hydrogen-bond acceptors (Lipinski definition) is 3. The molecule has 1 amide bonds. The first kappa shape index (κ1) is 13.3. The molecule has 0 aromatic heterocycles. The van der Waals surface area contributed by atoms with E-state index in [9.17, 15) is 14.9 Å². The summed E-state index contributed by atoms with van der Waals surface area (Å²) in [5.74, 6) is -1.10. The van der Waals surface area contributed by atoms with E-state index in [1.54, 1.807) is 0 Å². The van der Waals surface area contributed by atoms with Crippen LogP contribution in [0.15, 0.2) is 0 Å². The minimum atomic E-state index is -1.50. The van der Waals surface area contributed by atoms with Crippen molar-refractivity contribution in [3.8, 4) is 6.07 Å². The van der Waals surface area contributed by atoms with E-state index >= 15 is 0 Å². The van der Waals surface area contributed by atoms with Crippen LogP contribution in [0.3, 0.4) is 0 Å². The molecule has 16 heavy (non-hydrogen) atoms. The molecule has 6 heteroatoms. The van der Waals surface area contributed by atoms with Crippen LogP contribution in [-0.4, -0.2) is 22.1 Å². The van der Waals surface area contributed by atoms with E-state index < -0.39 is 22.2 Å². The molecule has 4 nitrogen and oxygen atoms in total. The van der Waals surface area contributed by atoms with Crippen molar-refractivity contribution in [1.82, 2.24) is 5.32 Å². The fourth-order valence-corrected chi connectivity index (χ4v) is 2.55. The molecule has 1 rings (SSSR count). The zero-order valence-electron chi connectivity index (χ0n) is 8.80. The lowest BCUT2D eigenvalue weighted by Crippen LogP contribution is -2.58. The van der Waals surface area contributed by atoms with Crippen LogP contribution in [0.25, 0.3) is 0 Å². The van der Waals surface area contributed by atoms with Crippen molar-refractivity contribution < 1.29 is 9.59 Å². The molecule has 0 unspecified atom stereocenters. The van der Waals surface area contributed by atoms with Gasteiger partial charge in [-0.3, -0.25) is 9.59 Å². The zero-order valence-corrected chi connectivity index (χ0v) is 10.3. The highest BCUT2D eigenvalue weighted by atomic mass is 35.5. The van der Waals surface area contributed by atoms with Gasteiger partial charge in [0, 0.05) is 13.3 Å². The zero-order chi connectivity index (χ0) is 12.3. The SMILES string of the molecule is CC(=O)N[C@](C#N)(C(Cl)Cl)[C@H]1CCCC1=O. The van der Waals surface area contributed by atoms with Gasteiger partial charge in [0.25, 0.3) is 0 Å². The summed E-state index contributed by atoms with van der Waals surface area (Å²) in [6, 6.07) is 1.90. The van der Waals surface area contributed by atoms with Crippen molar-refractivity contribution in [1.29, 1.82) is 5.26 Å². The monoisotopic (exact) mass is 262 g/mol. The summed E-state index contributed by atoms with van der Waals surface area (Å²) in [5.41, 5.74) is -1.50. The molecule has 0 saturated heterocycles. The molecule has 88 valence electrons. The Labute approximate surface area is 104 Å². The fraction of sp³-hybridized carbons (Fsp3) is 0.700. The number of Topliss-reactive ketones (excluding diaryl/α,β-unsaturated/α-hetero) is 1. The van der Waals surface area contributed by atoms with Crippen LogP contribution in [0, 0.1) is 17.2 Å². The van der Waals surface area contributed by atoms with Crippen LogP contribution in [0.1, 0.15) is 26.2 Å². The highest BCUT2D eigenvalue weighted by Crippen LogP contribution is 2.36. The fourth-order valence-electron chi connectivity index (χ4n) is 2.04. The van der Waals surface area contributed by atoms with Crippen LogP contribution in [0.4, 0.5) is 0 Å². The van der Waals surface area contributed by atoms with Gasteiger partial charge in [-0.15, -0.1) is 23.2 Å². The lowest BCUT2D eigenvalue weighted by Gasteiger charge is -2.33. The molecule has 0 aliphatic heterocycles. The second-order valence-corrected chi connectivity index (χ2v) is 4.97. The van der Waals surface area contributed by atoms with Crippen molar-refractivity contribution in [3.05, 3.63) is 0 Å². The molecule has 1 aliphatic rings. The number of carbonyl (C=O) groups excluding carboxylic acids is 2. The van der Waals surface area contributed by atoms with Gasteiger partial charge >= 0.3 is 0 Å². The smallest absolute Gasteiger partial charge is 0.218 e. The van der Waals surface area contributed by atoms with Crippen LogP contribution in [0.5, 0.6) is 0 Å². The number of alkyl halides is 2. The number of rotatable bonds is 3. The van der Waals surface area contributed by atoms with E-state index in [1.165, 1.54) is 6.92 Å². The van der Waals surface area contributed by atoms with Crippen LogP contribution < -0.4 is 5.32 Å². The topological polar surface area (TPSA) is 70.0 Å². The third kappa shape index (κ3) is 2.31. The summed E-state index contributed by atoms with van der Waals surface area (Å²) in [6.07, 6.45) is 1.64. The van der Waals surface area contributed by atoms with Gasteiger partial charge in [0.15, 0.2) is 5.54 Å². The standard InChI is InChI=1S/C10H12Cl2N2O2/c1-6(15)14-10(5-13,9(11)12)7-3-2-4-8(7)16/h7,9H,2-4H2,1H3,(H,14,15)/t7-,10-/m0/s1. The Hall–Kier alpha value is -0.790. The predicted molar refractivity (Wildman–Crippen MR) is 60.0 cm³/mol. The van der Waals surface area contributed by atoms with Gasteiger partial charge in [-0.2, -0.15) is 5.26 Å². The number of carbonyl (C=O) groups is 2. The number of hydrogen-bond donors (Lipinski definition) is 1. The number of ketones is 1. The summed E-state index contributed by atoms with van der Waals surface area (Å²) < 4.78 is 0. The molecule has 0 bridgehead atoms. The molecule has 0 heterocycles. The first-order chi connectivity index (χ1) is 7.44. The Morgan fingerprint density at radius 2 is 2.31 bits per heavy atom. The van der Waals surface area contributed by atoms with Gasteiger partial charge in [0.05, 0.1) is 12.0 Å². The van der Waals surface area contributed by atoms with E-state index in [1.807, 2.05) is 6.07 Å². The van der Waals surface area contributed by atoms with E-state index in [-0.39, 0.29) is 5.78 Å². The third-order valence-electron chi connectivity index (χ3n) is 2.77. The average Bonchev–Trinajstić information content (AvgIpc) is 2.60. The normalized spacial score (nSPS) is 23.9. The average molecular weight is 263 g/mol. The van der Waals surface area contributed by atoms with Crippen molar-refractivity contribution >= 4 is 34.9 Å². The minimum absolute atomic E-state index is 0.0680. The number of nitrogens with one attached hydrogen (secondary N) is 1. The van der Waals surface area contributed by atoms with Crippen LogP contribution >= 0.6 is 23.2 Å². The molecule has 1 saturated carbocycles. The van der Waals surface area contributed by atoms with Gasteiger partial charge in [-0.05, 0) is 12.8 Å². The van der Waals surface area contributed by atoms with Crippen LogP contribution in [0.2, 0.25) is 0 Å². The summed E-state index contributed by atoms with van der Waals surface area (Å²) in [4.78, 5) is 21.6. The first-order valence-corrected chi connectivity index (χ1v) is 5.82. The van der Waals surface area contributed by atoms with Gasteiger partial charge in [0.2, 0.25) is 5.91 Å². The number of amides is 1. The van der Waals surface area contributed by atoms with Crippen molar-refractivity contribution in [2.75, 3.05) is 0 Å². The lowest BCUT2D eigenvalue weighted by molar-refractivity contribution is -0.124. The van der Waals surface area contributed by atoms with Crippen molar-refractivity contribution in [2.24, 2.45) is 5.92 Å². The Balaban J connectivity index is 3.07. The van der Waals surface area contributed by atoms with E-state index in [0.29, 0.717) is 19.3 Å². The number of halogens is 2. The molecule has 0 spiro atoms. The van der Waals surface area contributed by atoms with Crippen LogP contribution in [-0.2, 0) is 9.59 Å². The maximum Gasteiger partial charge on any atom is 0.218 e. The Morgan fingerprint density at radius 3 is 2.62 bits per heavy atom. The summed E-state index contributed by atoms with van der Waals surface area (Å²) in [6.45, 7) is 1.27. The Bertz CT molecular complexity index is 351. The van der Waals surface area contributed by atoms with Gasteiger partial charge in [-0.25, -0.2) is 0 Å². The van der Waals surface area contributed by atoms with E-state index in [0.717, 1.165) is 0 Å². The molecule has 1 N–H and O–H groups in total. The molecule has 0 aromatic rings. The molecule has 1 aliphatic carbocycles. The first-order valence-electron chi connectivity index (χ1n) is 4.95. The summed E-state index contributed by atoms with van der Waals surface area (Å²) in [7, 11) is 0. The molecular formula is C10H12Cl2N2O2. The molecule has 0 aromatic carbocycles. The Morgan fingerprint density at radius 1 is 1.69 bits per heavy atom. The second kappa shape index (κ2) is 5.03. The largest absolute Gasteiger partial charge is 0.335 e. The lowest BCUT2D eigenvalue weighted by atomic mass is 9.84. The van der Waals surface area contributed by atoms with Gasteiger partial charge in [-0.1, -0.05) is 0 Å². The molecule has 2 atom stereocenters. The molecular weight excluding hydrogens is 251 g/mol. The molecule has 0 radical (unpaired) electrons. The highest BCUT2D eigenvalue weighted by Gasteiger charge is 2.50. The predicted octanol–water partition coefficient (Wildman–Crippen LogP) is 1.56. The third-order valence-corrected chi connectivity index (χ3v) is 3.45. The maximum atomic E-state index is 11.6. The minimum Gasteiger partial charge on any atom is -0.335 e. The number of nitrogens with zero attached hydrogens (tertiary/aromatic N) is 1. The van der Waals surface area contributed by atoms with E-state index in [2.05, 4.69) is 5.32 Å². The van der Waals surface area contributed by atoms with Gasteiger partial charge in [0.1, 0.15) is 10.6 Å². The second-order valence-electron chi connectivity index (χ2n) is 3.87. The highest BCUT2D eigenvalue weighted by molar-refractivity contribution is 6.45. The van der Waals surface area contributed by atoms with Crippen molar-refractivity contribution in [2.45, 2.75) is 36.6 Å². The van der Waals surface area contributed by atoms with E-state index in [4.69, 9.17) is 23.2 Å². The summed E-state index contributed by atoms with van der Waals surface area (Å²) >= 11 is 11.5. The number of nitriles is 1. The van der Waals surface area contributed by atoms with Crippen molar-refractivity contribution in [3.63, 3.8) is 0 Å². The quantitative estimate of drug-likeness (QED) is 0.785. The summed E-state index contributed by atoms with van der Waals surface area (Å²) in [5, 5.41) is 11.6. The maximum absolute atomic E-state index is 11.6. The van der Waals surface area contributed by atoms with Gasteiger partial charge < -0.3 is 5.32 Å². The molecule has 1 fully saturated rings.